The third kappa shape index (κ3) is 3.97. The maximum Gasteiger partial charge on any atom is 0.324 e. The second kappa shape index (κ2) is 7.36. The lowest BCUT2D eigenvalue weighted by atomic mass is 10.1. The summed E-state index contributed by atoms with van der Waals surface area (Å²) in [7, 11) is 4.10. The lowest BCUT2D eigenvalue weighted by molar-refractivity contribution is 0.251. The zero-order valence-electron chi connectivity index (χ0n) is 14.4. The highest BCUT2D eigenvalue weighted by Crippen LogP contribution is 2.25. The molecule has 0 unspecified atom stereocenters. The van der Waals surface area contributed by atoms with Gasteiger partial charge in [0.25, 0.3) is 0 Å². The van der Waals surface area contributed by atoms with E-state index in [9.17, 15) is 4.79 Å². The Morgan fingerprint density at radius 1 is 1.28 bits per heavy atom. The van der Waals surface area contributed by atoms with Crippen LogP contribution in [-0.2, 0) is 0 Å². The number of aromatic nitrogens is 2. The van der Waals surface area contributed by atoms with Gasteiger partial charge in [0.05, 0.1) is 6.61 Å². The van der Waals surface area contributed by atoms with Crippen molar-refractivity contribution in [2.75, 3.05) is 27.2 Å². The molecular formula is C19H21N4O2. The minimum atomic E-state index is -0.567. The average Bonchev–Trinajstić information content (AvgIpc) is 3.02. The Hall–Kier alpha value is -2.86. The summed E-state index contributed by atoms with van der Waals surface area (Å²) in [6.07, 6.45) is 4.22. The van der Waals surface area contributed by atoms with Crippen LogP contribution in [0.25, 0.3) is 22.2 Å². The van der Waals surface area contributed by atoms with Crippen molar-refractivity contribution in [3.63, 3.8) is 0 Å². The number of hydrogen-bond donors (Lipinski definition) is 1. The minimum absolute atomic E-state index is 0.511. The topological polar surface area (TPSA) is 73.4 Å². The average molecular weight is 337 g/mol. The third-order valence-electron chi connectivity index (χ3n) is 3.89. The fourth-order valence-corrected chi connectivity index (χ4v) is 2.59. The van der Waals surface area contributed by atoms with Gasteiger partial charge >= 0.3 is 6.03 Å². The molecule has 0 atom stereocenters. The highest BCUT2D eigenvalue weighted by Gasteiger charge is 2.08. The normalized spacial score (nSPS) is 11.2. The minimum Gasteiger partial charge on any atom is -0.494 e. The highest BCUT2D eigenvalue weighted by molar-refractivity contribution is 5.90. The van der Waals surface area contributed by atoms with Crippen LogP contribution in [0.1, 0.15) is 6.42 Å². The molecule has 6 nitrogen and oxygen atoms in total. The van der Waals surface area contributed by atoms with E-state index in [0.29, 0.717) is 12.3 Å². The van der Waals surface area contributed by atoms with E-state index in [1.807, 2.05) is 30.3 Å². The summed E-state index contributed by atoms with van der Waals surface area (Å²) in [5, 5.41) is 0.750. The Bertz CT molecular complexity index is 869. The lowest BCUT2D eigenvalue weighted by Crippen LogP contribution is -2.18. The predicted octanol–water partition coefficient (Wildman–Crippen LogP) is 2.76. The van der Waals surface area contributed by atoms with Crippen molar-refractivity contribution in [3.05, 3.63) is 48.8 Å². The Labute approximate surface area is 146 Å². The van der Waals surface area contributed by atoms with Crippen LogP contribution in [0.3, 0.4) is 0 Å². The quantitative estimate of drug-likeness (QED) is 0.702. The molecule has 2 N–H and O–H groups in total. The molecule has 25 heavy (non-hydrogen) atoms. The van der Waals surface area contributed by atoms with Crippen molar-refractivity contribution in [2.45, 2.75) is 6.42 Å². The number of pyridine rings is 1. The van der Waals surface area contributed by atoms with Crippen LogP contribution in [0.2, 0.25) is 0 Å². The van der Waals surface area contributed by atoms with Crippen molar-refractivity contribution >= 4 is 17.1 Å². The standard InChI is InChI=1S/C19H21N4O2/c1-22(2)9-3-11-25-17-6-4-14(5-7-17)16-12-15-8-10-23(19(20)24)18(15)21-13-16/h4-7,10,12-13H,3,9,11H2,1-2H3,(H2,20,24). The van der Waals surface area contributed by atoms with E-state index in [1.54, 1.807) is 6.20 Å². The summed E-state index contributed by atoms with van der Waals surface area (Å²) in [4.78, 5) is 17.8. The summed E-state index contributed by atoms with van der Waals surface area (Å²) >= 11 is 0. The van der Waals surface area contributed by atoms with Gasteiger partial charge in [-0.3, -0.25) is 4.57 Å². The maximum absolute atomic E-state index is 11.3. The lowest BCUT2D eigenvalue weighted by Gasteiger charge is -2.10. The van der Waals surface area contributed by atoms with Crippen LogP contribution in [0.4, 0.5) is 4.79 Å². The number of benzene rings is 1. The summed E-state index contributed by atoms with van der Waals surface area (Å²) in [6.45, 7) is 1.70. The van der Waals surface area contributed by atoms with Crippen LogP contribution in [0, 0.1) is 6.07 Å². The number of primary amides is 1. The first-order valence-corrected chi connectivity index (χ1v) is 8.11. The van der Waals surface area contributed by atoms with Crippen molar-refractivity contribution in [1.82, 2.24) is 14.5 Å². The number of fused-ring (bicyclic) bond motifs is 1. The van der Waals surface area contributed by atoms with Crippen molar-refractivity contribution in [2.24, 2.45) is 5.73 Å². The molecule has 3 rings (SSSR count). The monoisotopic (exact) mass is 337 g/mol. The smallest absolute Gasteiger partial charge is 0.324 e. The molecule has 1 radical (unpaired) electrons. The Morgan fingerprint density at radius 2 is 2.04 bits per heavy atom. The van der Waals surface area contributed by atoms with E-state index in [-0.39, 0.29) is 0 Å². The second-order valence-electron chi connectivity index (χ2n) is 6.11. The first-order valence-electron chi connectivity index (χ1n) is 8.11. The van der Waals surface area contributed by atoms with Gasteiger partial charge in [0.2, 0.25) is 0 Å². The first kappa shape index (κ1) is 17.0. The second-order valence-corrected chi connectivity index (χ2v) is 6.11. The van der Waals surface area contributed by atoms with E-state index in [0.717, 1.165) is 35.2 Å². The number of nitrogens with two attached hydrogens (primary N) is 1. The van der Waals surface area contributed by atoms with E-state index in [1.165, 1.54) is 10.8 Å². The number of carbonyl (C=O) groups excluding carboxylic acids is 1. The molecule has 3 aromatic rings. The molecule has 2 heterocycles. The van der Waals surface area contributed by atoms with Gasteiger partial charge < -0.3 is 15.4 Å². The molecule has 0 fully saturated rings. The summed E-state index contributed by atoms with van der Waals surface area (Å²) < 4.78 is 7.03. The molecule has 0 aliphatic carbocycles. The molecule has 6 heteroatoms. The summed E-state index contributed by atoms with van der Waals surface area (Å²) in [5.41, 5.74) is 7.79. The molecule has 0 saturated heterocycles. The summed E-state index contributed by atoms with van der Waals surface area (Å²) in [6, 6.07) is 12.3. The molecule has 0 saturated carbocycles. The molecular weight excluding hydrogens is 316 g/mol. The molecule has 0 spiro atoms. The molecule has 0 bridgehead atoms. The molecule has 0 aliphatic heterocycles. The number of carbonyl (C=O) groups is 1. The third-order valence-corrected chi connectivity index (χ3v) is 3.89. The van der Waals surface area contributed by atoms with E-state index < -0.39 is 6.03 Å². The number of amides is 1. The van der Waals surface area contributed by atoms with Crippen molar-refractivity contribution in [3.8, 4) is 16.9 Å². The van der Waals surface area contributed by atoms with Crippen LogP contribution in [-0.4, -0.2) is 47.7 Å². The zero-order chi connectivity index (χ0) is 17.8. The number of ether oxygens (including phenoxy) is 1. The van der Waals surface area contributed by atoms with Gasteiger partial charge in [-0.05, 0) is 44.3 Å². The largest absolute Gasteiger partial charge is 0.494 e. The SMILES string of the molecule is CN(C)CCCOc1ccc(-c2cnc3c([c]cn3C(N)=O)c2)cc1. The van der Waals surface area contributed by atoms with Gasteiger partial charge in [-0.1, -0.05) is 12.1 Å². The van der Waals surface area contributed by atoms with Gasteiger partial charge in [-0.2, -0.15) is 0 Å². The summed E-state index contributed by atoms with van der Waals surface area (Å²) in [5.74, 6) is 0.850. The Kier molecular flexibility index (Phi) is 5.00. The molecule has 1 amide bonds. The van der Waals surface area contributed by atoms with Crippen LogP contribution in [0.5, 0.6) is 5.75 Å². The predicted molar refractivity (Wildman–Crippen MR) is 97.7 cm³/mol. The maximum atomic E-state index is 11.3. The van der Waals surface area contributed by atoms with Crippen LogP contribution in [0.15, 0.2) is 42.7 Å². The fourth-order valence-electron chi connectivity index (χ4n) is 2.59. The van der Waals surface area contributed by atoms with Crippen molar-refractivity contribution < 1.29 is 9.53 Å². The van der Waals surface area contributed by atoms with Crippen LogP contribution < -0.4 is 10.5 Å². The van der Waals surface area contributed by atoms with Crippen LogP contribution >= 0.6 is 0 Å². The molecule has 1 aromatic carbocycles. The number of nitrogens with zero attached hydrogens (tertiary/aromatic N) is 3. The Morgan fingerprint density at radius 3 is 2.72 bits per heavy atom. The van der Waals surface area contributed by atoms with E-state index >= 15 is 0 Å². The van der Waals surface area contributed by atoms with Gasteiger partial charge in [0, 0.05) is 36.0 Å². The van der Waals surface area contributed by atoms with Crippen molar-refractivity contribution in [1.29, 1.82) is 0 Å². The number of rotatable bonds is 6. The van der Waals surface area contributed by atoms with Gasteiger partial charge in [0.15, 0.2) is 0 Å². The fraction of sp³-hybridized carbons (Fsp3) is 0.263. The van der Waals surface area contributed by atoms with Gasteiger partial charge in [-0.15, -0.1) is 0 Å². The molecule has 129 valence electrons. The molecule has 2 aromatic heterocycles. The van der Waals surface area contributed by atoms with Gasteiger partial charge in [-0.25, -0.2) is 9.78 Å². The Balaban J connectivity index is 1.71. The van der Waals surface area contributed by atoms with Gasteiger partial charge in [0.1, 0.15) is 11.4 Å². The van der Waals surface area contributed by atoms with E-state index in [4.69, 9.17) is 10.5 Å². The molecule has 0 aliphatic rings. The van der Waals surface area contributed by atoms with E-state index in [2.05, 4.69) is 30.0 Å². The first-order chi connectivity index (χ1) is 12.0. The number of hydrogen-bond acceptors (Lipinski definition) is 4. The zero-order valence-corrected chi connectivity index (χ0v) is 14.4. The highest BCUT2D eigenvalue weighted by atomic mass is 16.5.